The number of nitrogens with one attached hydrogen (secondary N) is 1. The predicted molar refractivity (Wildman–Crippen MR) is 63.3 cm³/mol. The number of benzene rings is 1. The molecule has 6 heteroatoms. The normalized spacial score (nSPS) is 10.3. The molecule has 0 radical (unpaired) electrons. The molecule has 0 bridgehead atoms. The fourth-order valence-electron chi connectivity index (χ4n) is 1.33. The van der Waals surface area contributed by atoms with Gasteiger partial charge in [-0.3, -0.25) is 0 Å². The van der Waals surface area contributed by atoms with Crippen molar-refractivity contribution in [1.29, 1.82) is 0 Å². The zero-order chi connectivity index (χ0) is 12.4. The molecule has 2 aromatic rings. The van der Waals surface area contributed by atoms with Crippen LogP contribution >= 0.6 is 11.6 Å². The van der Waals surface area contributed by atoms with Crippen molar-refractivity contribution in [2.75, 3.05) is 11.1 Å². The van der Waals surface area contributed by atoms with Crippen molar-refractivity contribution in [3.05, 3.63) is 47.1 Å². The van der Waals surface area contributed by atoms with E-state index in [9.17, 15) is 8.78 Å². The molecule has 0 saturated carbocycles. The molecule has 1 aromatic carbocycles. The van der Waals surface area contributed by atoms with Gasteiger partial charge in [0.1, 0.15) is 28.3 Å². The van der Waals surface area contributed by atoms with Gasteiger partial charge in [0.15, 0.2) is 0 Å². The third-order valence-corrected chi connectivity index (χ3v) is 2.23. The Bertz CT molecular complexity index is 520. The number of nitrogens with zero attached hydrogens (tertiary/aromatic N) is 1. The summed E-state index contributed by atoms with van der Waals surface area (Å²) < 4.78 is 26.7. The number of aromatic nitrogens is 1. The van der Waals surface area contributed by atoms with Crippen LogP contribution in [0.5, 0.6) is 0 Å². The van der Waals surface area contributed by atoms with Crippen LogP contribution < -0.4 is 11.1 Å². The second-order valence-corrected chi connectivity index (χ2v) is 3.72. The molecule has 0 atom stereocenters. The fourth-order valence-corrected chi connectivity index (χ4v) is 1.54. The number of halogens is 3. The Hall–Kier alpha value is -1.88. The summed E-state index contributed by atoms with van der Waals surface area (Å²) in [5, 5.41) is 2.64. The highest BCUT2D eigenvalue weighted by molar-refractivity contribution is 6.29. The van der Waals surface area contributed by atoms with Gasteiger partial charge in [0.05, 0.1) is 0 Å². The van der Waals surface area contributed by atoms with Crippen molar-refractivity contribution >= 4 is 28.8 Å². The topological polar surface area (TPSA) is 50.9 Å². The molecule has 0 amide bonds. The van der Waals surface area contributed by atoms with Crippen molar-refractivity contribution in [2.24, 2.45) is 0 Å². The molecule has 1 heterocycles. The van der Waals surface area contributed by atoms with Gasteiger partial charge in [-0.15, -0.1) is 0 Å². The van der Waals surface area contributed by atoms with E-state index in [1.165, 1.54) is 18.2 Å². The summed E-state index contributed by atoms with van der Waals surface area (Å²) in [5.41, 5.74) is 5.60. The average molecular weight is 256 g/mol. The summed E-state index contributed by atoms with van der Waals surface area (Å²) in [7, 11) is 0. The lowest BCUT2D eigenvalue weighted by Gasteiger charge is -2.08. The van der Waals surface area contributed by atoms with E-state index in [1.54, 1.807) is 0 Å². The van der Waals surface area contributed by atoms with Gasteiger partial charge in [0.2, 0.25) is 0 Å². The zero-order valence-corrected chi connectivity index (χ0v) is 9.30. The van der Waals surface area contributed by atoms with Crippen molar-refractivity contribution in [3.63, 3.8) is 0 Å². The summed E-state index contributed by atoms with van der Waals surface area (Å²) in [6, 6.07) is 6.41. The molecule has 0 spiro atoms. The quantitative estimate of drug-likeness (QED) is 0.809. The number of hydrogen-bond acceptors (Lipinski definition) is 3. The zero-order valence-electron chi connectivity index (χ0n) is 8.55. The van der Waals surface area contributed by atoms with Crippen LogP contribution in [0.25, 0.3) is 0 Å². The number of para-hydroxylation sites is 1. The Morgan fingerprint density at radius 1 is 1.18 bits per heavy atom. The number of hydrogen-bond donors (Lipinski definition) is 2. The van der Waals surface area contributed by atoms with Crippen LogP contribution in [0.4, 0.5) is 26.0 Å². The van der Waals surface area contributed by atoms with Gasteiger partial charge in [-0.25, -0.2) is 13.8 Å². The molecule has 17 heavy (non-hydrogen) atoms. The van der Waals surface area contributed by atoms with E-state index >= 15 is 0 Å². The maximum Gasteiger partial charge on any atom is 0.149 e. The monoisotopic (exact) mass is 255 g/mol. The van der Waals surface area contributed by atoms with E-state index in [4.69, 9.17) is 17.3 Å². The number of nitrogens with two attached hydrogens (primary N) is 1. The Labute approximate surface area is 101 Å². The molecule has 3 N–H and O–H groups in total. The Kier molecular flexibility index (Phi) is 3.10. The van der Waals surface area contributed by atoms with Gasteiger partial charge >= 0.3 is 0 Å². The van der Waals surface area contributed by atoms with Gasteiger partial charge in [-0.2, -0.15) is 0 Å². The van der Waals surface area contributed by atoms with E-state index in [0.717, 1.165) is 12.1 Å². The third-order valence-electron chi connectivity index (χ3n) is 2.03. The minimum Gasteiger partial charge on any atom is -0.399 e. The third kappa shape index (κ3) is 2.62. The molecule has 2 rings (SSSR count). The highest BCUT2D eigenvalue weighted by atomic mass is 35.5. The smallest absolute Gasteiger partial charge is 0.149 e. The van der Waals surface area contributed by atoms with Crippen molar-refractivity contribution in [1.82, 2.24) is 4.98 Å². The molecular weight excluding hydrogens is 248 g/mol. The van der Waals surface area contributed by atoms with Crippen LogP contribution in [-0.4, -0.2) is 4.98 Å². The van der Waals surface area contributed by atoms with E-state index in [-0.39, 0.29) is 16.7 Å². The SMILES string of the molecule is Nc1cc(Cl)nc(Nc2c(F)cccc2F)c1. The molecule has 1 aromatic heterocycles. The first-order valence-electron chi connectivity index (χ1n) is 4.70. The van der Waals surface area contributed by atoms with Crippen molar-refractivity contribution < 1.29 is 8.78 Å². The summed E-state index contributed by atoms with van der Waals surface area (Å²) in [6.07, 6.45) is 0. The summed E-state index contributed by atoms with van der Waals surface area (Å²) in [6.45, 7) is 0. The van der Waals surface area contributed by atoms with Gasteiger partial charge in [0.25, 0.3) is 0 Å². The van der Waals surface area contributed by atoms with Gasteiger partial charge < -0.3 is 11.1 Å². The van der Waals surface area contributed by atoms with Crippen LogP contribution in [0.15, 0.2) is 30.3 Å². The second kappa shape index (κ2) is 4.55. The molecule has 0 unspecified atom stereocenters. The highest BCUT2D eigenvalue weighted by Crippen LogP contribution is 2.24. The minimum absolute atomic E-state index is 0.143. The molecule has 88 valence electrons. The molecule has 0 aliphatic heterocycles. The van der Waals surface area contributed by atoms with Crippen LogP contribution in [0.3, 0.4) is 0 Å². The van der Waals surface area contributed by atoms with E-state index in [0.29, 0.717) is 5.69 Å². The van der Waals surface area contributed by atoms with Crippen LogP contribution in [0.2, 0.25) is 5.15 Å². The average Bonchev–Trinajstić information content (AvgIpc) is 2.22. The molecule has 0 aliphatic rings. The number of rotatable bonds is 2. The Morgan fingerprint density at radius 3 is 2.41 bits per heavy atom. The first-order chi connectivity index (χ1) is 8.06. The van der Waals surface area contributed by atoms with E-state index in [2.05, 4.69) is 10.3 Å². The molecule has 0 fully saturated rings. The largest absolute Gasteiger partial charge is 0.399 e. The fraction of sp³-hybridized carbons (Fsp3) is 0. The molecule has 0 saturated heterocycles. The van der Waals surface area contributed by atoms with Crippen molar-refractivity contribution in [3.8, 4) is 0 Å². The molecule has 0 aliphatic carbocycles. The molecular formula is C11H8ClF2N3. The van der Waals surface area contributed by atoms with Gasteiger partial charge in [-0.05, 0) is 18.2 Å². The first-order valence-corrected chi connectivity index (χ1v) is 5.08. The minimum atomic E-state index is -0.717. The van der Waals surface area contributed by atoms with Crippen molar-refractivity contribution in [2.45, 2.75) is 0 Å². The predicted octanol–water partition coefficient (Wildman–Crippen LogP) is 3.34. The summed E-state index contributed by atoms with van der Waals surface area (Å²) >= 11 is 5.68. The second-order valence-electron chi connectivity index (χ2n) is 3.33. The molecule has 3 nitrogen and oxygen atoms in total. The van der Waals surface area contributed by atoms with E-state index in [1.807, 2.05) is 0 Å². The van der Waals surface area contributed by atoms with Crippen LogP contribution in [0.1, 0.15) is 0 Å². The Morgan fingerprint density at radius 2 is 1.82 bits per heavy atom. The van der Waals surface area contributed by atoms with Gasteiger partial charge in [0, 0.05) is 11.8 Å². The summed E-state index contributed by atoms with van der Waals surface area (Å²) in [4.78, 5) is 3.85. The standard InChI is InChI=1S/C11H8ClF2N3/c12-9-4-6(15)5-10(16-9)17-11-7(13)2-1-3-8(11)14/h1-5H,(H3,15,16,17). The van der Waals surface area contributed by atoms with Crippen LogP contribution in [-0.2, 0) is 0 Å². The lowest BCUT2D eigenvalue weighted by molar-refractivity contribution is 0.590. The van der Waals surface area contributed by atoms with Crippen LogP contribution in [0, 0.1) is 11.6 Å². The van der Waals surface area contributed by atoms with Gasteiger partial charge in [-0.1, -0.05) is 17.7 Å². The van der Waals surface area contributed by atoms with E-state index < -0.39 is 11.6 Å². The summed E-state index contributed by atoms with van der Waals surface area (Å²) in [5.74, 6) is -1.25. The number of anilines is 3. The highest BCUT2D eigenvalue weighted by Gasteiger charge is 2.09. The first kappa shape index (κ1) is 11.6. The number of nitrogen functional groups attached to an aromatic ring is 1. The number of pyridine rings is 1. The maximum absolute atomic E-state index is 13.3. The lowest BCUT2D eigenvalue weighted by Crippen LogP contribution is -2.00. The lowest BCUT2D eigenvalue weighted by atomic mass is 10.3. The Balaban J connectivity index is 2.38. The maximum atomic E-state index is 13.3.